The van der Waals surface area contributed by atoms with Crippen LogP contribution >= 0.6 is 0 Å². The Morgan fingerprint density at radius 2 is 1.70 bits per heavy atom. The second-order valence-corrected chi connectivity index (χ2v) is 8.04. The van der Waals surface area contributed by atoms with Gasteiger partial charge in [-0.25, -0.2) is 5.01 Å². The van der Waals surface area contributed by atoms with E-state index in [1.165, 1.54) is 13.8 Å². The quantitative estimate of drug-likeness (QED) is 0.685. The number of hydrogen-bond donors (Lipinski definition) is 1. The van der Waals surface area contributed by atoms with E-state index in [9.17, 15) is 9.59 Å². The Bertz CT molecular complexity index is 1090. The summed E-state index contributed by atoms with van der Waals surface area (Å²) in [6.45, 7) is 7.14. The number of carbonyl (C=O) groups excluding carboxylic acids is 2. The molecular formula is C26H31N3O4. The number of rotatable bonds is 6. The van der Waals surface area contributed by atoms with Crippen molar-refractivity contribution in [3.63, 3.8) is 0 Å². The second kappa shape index (κ2) is 10.3. The minimum absolute atomic E-state index is 0.0790. The highest BCUT2D eigenvalue weighted by atomic mass is 16.5. The zero-order valence-corrected chi connectivity index (χ0v) is 20.0. The molecule has 7 heteroatoms. The summed E-state index contributed by atoms with van der Waals surface area (Å²) in [6.07, 6.45) is 4.68. The van der Waals surface area contributed by atoms with Gasteiger partial charge in [-0.05, 0) is 54.8 Å². The maximum atomic E-state index is 12.5. The fourth-order valence-electron chi connectivity index (χ4n) is 4.21. The largest absolute Gasteiger partial charge is 0.493 e. The lowest BCUT2D eigenvalue weighted by molar-refractivity contribution is -0.131. The van der Waals surface area contributed by atoms with E-state index in [1.54, 1.807) is 19.2 Å². The van der Waals surface area contributed by atoms with Gasteiger partial charge in [-0.15, -0.1) is 0 Å². The van der Waals surface area contributed by atoms with E-state index in [4.69, 9.17) is 14.6 Å². The molecule has 1 aliphatic rings. The fourth-order valence-corrected chi connectivity index (χ4v) is 4.21. The Labute approximate surface area is 195 Å². The Morgan fingerprint density at radius 3 is 2.24 bits per heavy atom. The van der Waals surface area contributed by atoms with Crippen LogP contribution in [0.2, 0.25) is 0 Å². The minimum atomic E-state index is -0.118. The summed E-state index contributed by atoms with van der Waals surface area (Å²) in [6, 6.07) is 11.3. The molecule has 1 heterocycles. The number of benzene rings is 2. The van der Waals surface area contributed by atoms with Gasteiger partial charge in [0.2, 0.25) is 11.8 Å². The van der Waals surface area contributed by atoms with Gasteiger partial charge in [0.05, 0.1) is 26.0 Å². The van der Waals surface area contributed by atoms with Crippen molar-refractivity contribution in [1.29, 1.82) is 0 Å². The lowest BCUT2D eigenvalue weighted by Crippen LogP contribution is -2.36. The molecule has 2 unspecified atom stereocenters. The van der Waals surface area contributed by atoms with Gasteiger partial charge in [-0.3, -0.25) is 9.59 Å². The number of carbonyl (C=O) groups is 2. The van der Waals surface area contributed by atoms with Crippen molar-refractivity contribution in [2.75, 3.05) is 19.5 Å². The van der Waals surface area contributed by atoms with Crippen molar-refractivity contribution in [3.8, 4) is 11.5 Å². The molecule has 0 bridgehead atoms. The summed E-state index contributed by atoms with van der Waals surface area (Å²) in [5, 5.41) is 9.08. The molecule has 174 valence electrons. The highest BCUT2D eigenvalue weighted by molar-refractivity contribution is 6.12. The molecule has 0 aliphatic carbocycles. The van der Waals surface area contributed by atoms with E-state index in [0.717, 1.165) is 28.8 Å². The third-order valence-corrected chi connectivity index (χ3v) is 5.84. The molecule has 0 fully saturated rings. The Hall–Kier alpha value is -3.61. The number of nitrogens with one attached hydrogen (secondary N) is 1. The van der Waals surface area contributed by atoms with E-state index >= 15 is 0 Å². The average Bonchev–Trinajstić information content (AvgIpc) is 2.90. The van der Waals surface area contributed by atoms with Crippen LogP contribution in [0.25, 0.3) is 6.08 Å². The van der Waals surface area contributed by atoms with Gasteiger partial charge in [0, 0.05) is 31.0 Å². The van der Waals surface area contributed by atoms with E-state index < -0.39 is 0 Å². The average molecular weight is 450 g/mol. The van der Waals surface area contributed by atoms with Crippen molar-refractivity contribution >= 4 is 29.3 Å². The maximum Gasteiger partial charge on any atom is 0.239 e. The topological polar surface area (TPSA) is 80.2 Å². The molecule has 2 atom stereocenters. The van der Waals surface area contributed by atoms with Gasteiger partial charge in [0.15, 0.2) is 11.5 Å². The van der Waals surface area contributed by atoms with Crippen LogP contribution < -0.4 is 14.8 Å². The number of ether oxygens (including phenoxy) is 2. The van der Waals surface area contributed by atoms with Crippen molar-refractivity contribution < 1.29 is 19.1 Å². The first-order valence-corrected chi connectivity index (χ1v) is 11.0. The summed E-state index contributed by atoms with van der Waals surface area (Å²) >= 11 is 0. The molecule has 2 aromatic carbocycles. The summed E-state index contributed by atoms with van der Waals surface area (Å²) in [5.41, 5.74) is 4.30. The molecule has 7 nitrogen and oxygen atoms in total. The molecule has 0 radical (unpaired) electrons. The molecule has 2 aromatic rings. The van der Waals surface area contributed by atoms with E-state index in [2.05, 4.69) is 12.2 Å². The molecule has 2 amide bonds. The molecule has 0 saturated heterocycles. The van der Waals surface area contributed by atoms with Crippen molar-refractivity contribution in [2.45, 2.75) is 46.1 Å². The van der Waals surface area contributed by atoms with Gasteiger partial charge in [0.25, 0.3) is 0 Å². The number of amides is 2. The summed E-state index contributed by atoms with van der Waals surface area (Å²) < 4.78 is 11.1. The van der Waals surface area contributed by atoms with E-state index in [-0.39, 0.29) is 23.8 Å². The highest BCUT2D eigenvalue weighted by Crippen LogP contribution is 2.39. The smallest absolute Gasteiger partial charge is 0.239 e. The number of allylic oxidation sites excluding steroid dienone is 1. The maximum absolute atomic E-state index is 12.5. The highest BCUT2D eigenvalue weighted by Gasteiger charge is 2.32. The van der Waals surface area contributed by atoms with Crippen molar-refractivity contribution in [2.24, 2.45) is 5.10 Å². The summed E-state index contributed by atoms with van der Waals surface area (Å²) in [5.74, 6) is 1.11. The van der Waals surface area contributed by atoms with Crippen LogP contribution in [0.4, 0.5) is 5.69 Å². The standard InChI is InChI=1S/C26H31N3O4/c1-7-21-16(2)29(18(4)31)28-24(23-15-26(33-6)25(32-5)14-22(21)23)13-10-19-8-11-20(12-9-19)27-17(3)30/h8-16,21H,7H2,1-6H3,(H,27,30). The first-order valence-electron chi connectivity index (χ1n) is 11.0. The van der Waals surface area contributed by atoms with Crippen LogP contribution in [0, 0.1) is 0 Å². The van der Waals surface area contributed by atoms with Gasteiger partial charge >= 0.3 is 0 Å². The molecular weight excluding hydrogens is 418 g/mol. The van der Waals surface area contributed by atoms with E-state index in [0.29, 0.717) is 17.2 Å². The molecule has 1 N–H and O–H groups in total. The molecule has 0 spiro atoms. The molecule has 0 saturated carbocycles. The Morgan fingerprint density at radius 1 is 1.06 bits per heavy atom. The number of nitrogens with zero attached hydrogens (tertiary/aromatic N) is 2. The van der Waals surface area contributed by atoms with Crippen LogP contribution in [0.1, 0.15) is 56.7 Å². The fraction of sp³-hybridized carbons (Fsp3) is 0.346. The SMILES string of the molecule is CCC1c2cc(OC)c(OC)cc2C(C=Cc2ccc(NC(C)=O)cc2)=NN(C(C)=O)C1C. The third-order valence-electron chi connectivity index (χ3n) is 5.84. The van der Waals surface area contributed by atoms with Crippen LogP contribution in [-0.4, -0.2) is 42.8 Å². The van der Waals surface area contributed by atoms with Gasteiger partial charge in [-0.2, -0.15) is 5.10 Å². The minimum Gasteiger partial charge on any atom is -0.493 e. The molecule has 1 aliphatic heterocycles. The van der Waals surface area contributed by atoms with Crippen LogP contribution in [0.5, 0.6) is 11.5 Å². The number of anilines is 1. The molecule has 0 aromatic heterocycles. The number of fused-ring (bicyclic) bond motifs is 1. The van der Waals surface area contributed by atoms with Gasteiger partial charge in [0.1, 0.15) is 0 Å². The van der Waals surface area contributed by atoms with Gasteiger partial charge in [-0.1, -0.05) is 25.1 Å². The van der Waals surface area contributed by atoms with E-state index in [1.807, 2.05) is 55.5 Å². The van der Waals surface area contributed by atoms with Gasteiger partial charge < -0.3 is 14.8 Å². The third kappa shape index (κ3) is 5.25. The Balaban J connectivity index is 2.11. The zero-order valence-electron chi connectivity index (χ0n) is 20.0. The van der Waals surface area contributed by atoms with Crippen LogP contribution in [0.3, 0.4) is 0 Å². The van der Waals surface area contributed by atoms with Crippen LogP contribution in [-0.2, 0) is 9.59 Å². The number of methoxy groups -OCH3 is 2. The first kappa shape index (κ1) is 24.0. The zero-order chi connectivity index (χ0) is 24.1. The van der Waals surface area contributed by atoms with Crippen LogP contribution in [0.15, 0.2) is 47.6 Å². The van der Waals surface area contributed by atoms with Crippen molar-refractivity contribution in [1.82, 2.24) is 5.01 Å². The normalized spacial score (nSPS) is 17.8. The number of hydrogen-bond acceptors (Lipinski definition) is 5. The summed E-state index contributed by atoms with van der Waals surface area (Å²) in [4.78, 5) is 23.7. The monoisotopic (exact) mass is 449 g/mol. The second-order valence-electron chi connectivity index (χ2n) is 8.04. The number of hydrazone groups is 1. The predicted molar refractivity (Wildman–Crippen MR) is 131 cm³/mol. The van der Waals surface area contributed by atoms with Crippen molar-refractivity contribution in [3.05, 3.63) is 59.2 Å². The Kier molecular flexibility index (Phi) is 7.53. The summed E-state index contributed by atoms with van der Waals surface area (Å²) in [7, 11) is 3.22. The predicted octanol–water partition coefficient (Wildman–Crippen LogP) is 4.82. The molecule has 3 rings (SSSR count). The lowest BCUT2D eigenvalue weighted by atomic mass is 9.85. The molecule has 33 heavy (non-hydrogen) atoms. The lowest BCUT2D eigenvalue weighted by Gasteiger charge is -2.29. The first-order chi connectivity index (χ1) is 15.8.